The Kier molecular flexibility index (Phi) is 15.5. The predicted molar refractivity (Wildman–Crippen MR) is 218 cm³/mol. The number of amides is 3. The van der Waals surface area contributed by atoms with Gasteiger partial charge in [0.05, 0.1) is 66.6 Å². The van der Waals surface area contributed by atoms with Gasteiger partial charge in [0.1, 0.15) is 17.4 Å². The van der Waals surface area contributed by atoms with Crippen molar-refractivity contribution >= 4 is 64.3 Å². The largest absolute Gasteiger partial charge is 0.465 e. The summed E-state index contributed by atoms with van der Waals surface area (Å²) in [5.41, 5.74) is 2.79. The lowest BCUT2D eigenvalue weighted by Crippen LogP contribution is -2.48. The van der Waals surface area contributed by atoms with Crippen LogP contribution in [0.15, 0.2) is 109 Å². The first-order valence-corrected chi connectivity index (χ1v) is 18.7. The van der Waals surface area contributed by atoms with Gasteiger partial charge in [0, 0.05) is 36.6 Å². The molecule has 1 heterocycles. The molecule has 312 valence electrons. The summed E-state index contributed by atoms with van der Waals surface area (Å²) in [5, 5.41) is 10.6. The van der Waals surface area contributed by atoms with E-state index in [1.165, 1.54) is 78.6 Å². The molecule has 1 fully saturated rings. The number of hydrogen-bond acceptors (Lipinski definition) is 10. The van der Waals surface area contributed by atoms with Crippen LogP contribution >= 0.6 is 23.2 Å². The third kappa shape index (κ3) is 11.7. The number of methoxy groups -OCH3 is 2. The van der Waals surface area contributed by atoms with Gasteiger partial charge in [0.25, 0.3) is 5.69 Å². The molecule has 18 heteroatoms. The summed E-state index contributed by atoms with van der Waals surface area (Å²) in [7, 11) is 2.59. The van der Waals surface area contributed by atoms with Crippen molar-refractivity contribution in [3.05, 3.63) is 163 Å². The van der Waals surface area contributed by atoms with Crippen molar-refractivity contribution in [2.45, 2.75) is 13.1 Å². The van der Waals surface area contributed by atoms with Crippen LogP contribution in [0.25, 0.3) is 0 Å². The topological polar surface area (TPSA) is 158 Å². The number of morpholine rings is 1. The molecule has 3 amide bonds. The third-order valence-electron chi connectivity index (χ3n) is 8.85. The zero-order valence-electron chi connectivity index (χ0n) is 32.0. The average molecular weight is 866 g/mol. The molecule has 0 aliphatic carbocycles. The molecule has 60 heavy (non-hydrogen) atoms. The lowest BCUT2D eigenvalue weighted by Gasteiger charge is -2.33. The van der Waals surface area contributed by atoms with Gasteiger partial charge in [-0.05, 0) is 83.9 Å². The second-order valence-corrected chi connectivity index (χ2v) is 13.6. The lowest BCUT2D eigenvalue weighted by atomic mass is 10.1. The summed E-state index contributed by atoms with van der Waals surface area (Å²) >= 11 is 11.8. The first kappa shape index (κ1) is 44.5. The highest BCUT2D eigenvalue weighted by Crippen LogP contribution is 2.28. The summed E-state index contributed by atoms with van der Waals surface area (Å²) in [6.45, 7) is 2.14. The minimum atomic E-state index is -0.821. The molecule has 0 saturated carbocycles. The van der Waals surface area contributed by atoms with E-state index in [-0.39, 0.29) is 46.3 Å². The fourth-order valence-corrected chi connectivity index (χ4v) is 6.00. The number of hydrogen-bond donors (Lipinski definition) is 0. The summed E-state index contributed by atoms with van der Waals surface area (Å²) in [6, 6.07) is 25.8. The molecular formula is C42H36Cl2F2N4O10. The van der Waals surface area contributed by atoms with Gasteiger partial charge in [-0.3, -0.25) is 19.9 Å². The van der Waals surface area contributed by atoms with Crippen molar-refractivity contribution in [2.75, 3.05) is 50.3 Å². The fourth-order valence-electron chi connectivity index (χ4n) is 5.65. The Hall–Kier alpha value is -6.62. The quantitative estimate of drug-likeness (QED) is 0.0753. The number of carbonyl (C=O) groups excluding carboxylic acids is 4. The molecule has 5 aromatic rings. The molecule has 0 unspecified atom stereocenters. The van der Waals surface area contributed by atoms with Crippen LogP contribution in [-0.2, 0) is 27.3 Å². The number of nitro groups is 1. The molecule has 6 rings (SSSR count). The zero-order valence-corrected chi connectivity index (χ0v) is 33.5. The van der Waals surface area contributed by atoms with Crippen molar-refractivity contribution in [3.8, 4) is 5.75 Å². The van der Waals surface area contributed by atoms with Gasteiger partial charge in [-0.25, -0.2) is 28.0 Å². The van der Waals surface area contributed by atoms with Gasteiger partial charge >= 0.3 is 24.1 Å². The van der Waals surface area contributed by atoms with Gasteiger partial charge in [-0.2, -0.15) is 0 Å². The van der Waals surface area contributed by atoms with Crippen LogP contribution in [0, 0.1) is 21.7 Å². The predicted octanol–water partition coefficient (Wildman–Crippen LogP) is 9.10. The molecule has 0 spiro atoms. The highest BCUT2D eigenvalue weighted by molar-refractivity contribution is 6.31. The van der Waals surface area contributed by atoms with Crippen LogP contribution in [-0.4, -0.2) is 74.4 Å². The van der Waals surface area contributed by atoms with Crippen LogP contribution in [0.3, 0.4) is 0 Å². The first-order valence-electron chi connectivity index (χ1n) is 17.9. The SMILES string of the molecule is COC(=O)c1ccc(CN(C(=O)N2CCOCC2)c2ccc(F)c(Cl)c2)cc1.COC(=O)c1ccc(CN(C(=O)Oc2ccc([N+](=O)[O-])cc2)c2ccc(F)c(Cl)c2)cc1. The van der Waals surface area contributed by atoms with Crippen LogP contribution in [0.4, 0.5) is 35.4 Å². The van der Waals surface area contributed by atoms with E-state index in [1.807, 2.05) is 0 Å². The van der Waals surface area contributed by atoms with Crippen molar-refractivity contribution in [2.24, 2.45) is 0 Å². The second-order valence-electron chi connectivity index (χ2n) is 12.7. The van der Waals surface area contributed by atoms with Crippen LogP contribution < -0.4 is 14.5 Å². The van der Waals surface area contributed by atoms with E-state index in [1.54, 1.807) is 53.4 Å². The van der Waals surface area contributed by atoms with E-state index < -0.39 is 34.6 Å². The van der Waals surface area contributed by atoms with Gasteiger partial charge in [-0.15, -0.1) is 0 Å². The highest BCUT2D eigenvalue weighted by atomic mass is 35.5. The Bertz CT molecular complexity index is 2330. The van der Waals surface area contributed by atoms with Gasteiger partial charge in [0.2, 0.25) is 0 Å². The molecule has 1 saturated heterocycles. The minimum Gasteiger partial charge on any atom is -0.465 e. The minimum absolute atomic E-state index is 0.00916. The van der Waals surface area contributed by atoms with Crippen molar-refractivity contribution in [1.82, 2.24) is 4.90 Å². The van der Waals surface area contributed by atoms with E-state index in [0.29, 0.717) is 48.7 Å². The first-order chi connectivity index (χ1) is 28.8. The summed E-state index contributed by atoms with van der Waals surface area (Å²) < 4.78 is 47.2. The summed E-state index contributed by atoms with van der Waals surface area (Å²) in [4.78, 5) is 63.9. The van der Waals surface area contributed by atoms with Gasteiger partial charge < -0.3 is 23.8 Å². The molecule has 5 aromatic carbocycles. The van der Waals surface area contributed by atoms with E-state index in [4.69, 9.17) is 37.4 Å². The maximum absolute atomic E-state index is 13.6. The fraction of sp³-hybridized carbons (Fsp3) is 0.190. The molecule has 0 bridgehead atoms. The van der Waals surface area contributed by atoms with E-state index in [9.17, 15) is 38.1 Å². The number of carbonyl (C=O) groups is 4. The van der Waals surface area contributed by atoms with E-state index in [2.05, 4.69) is 4.74 Å². The third-order valence-corrected chi connectivity index (χ3v) is 9.43. The Morgan fingerprint density at radius 2 is 1.15 bits per heavy atom. The second kappa shape index (κ2) is 20.9. The molecule has 1 aliphatic heterocycles. The molecule has 0 aromatic heterocycles. The standard InChI is InChI=1S/C22H16ClFN2O6.C20H20ClFN2O4/c1-31-21(27)15-4-2-14(3-5-15)13-25(17-8-11-20(24)19(23)12-17)22(28)32-18-9-6-16(7-10-18)26(29)30;1-27-19(25)15-4-2-14(3-5-15)13-24(16-6-7-18(22)17(21)12-16)20(26)23-8-10-28-11-9-23/h2-12H,13H2,1H3;2-7,12H,8-11,13H2,1H3. The van der Waals surface area contributed by atoms with Crippen LogP contribution in [0.2, 0.25) is 10.0 Å². The zero-order chi connectivity index (χ0) is 43.3. The van der Waals surface area contributed by atoms with Crippen molar-refractivity contribution < 1.29 is 51.8 Å². The Morgan fingerprint density at radius 3 is 1.58 bits per heavy atom. The van der Waals surface area contributed by atoms with Crippen LogP contribution in [0.5, 0.6) is 5.75 Å². The average Bonchev–Trinajstić information content (AvgIpc) is 3.27. The van der Waals surface area contributed by atoms with E-state index >= 15 is 0 Å². The molecule has 0 atom stereocenters. The number of nitro benzene ring substituents is 1. The Labute approximate surface area is 352 Å². The molecular weight excluding hydrogens is 829 g/mol. The Balaban J connectivity index is 0.000000230. The van der Waals surface area contributed by atoms with Crippen molar-refractivity contribution in [1.29, 1.82) is 0 Å². The number of benzene rings is 5. The number of rotatable bonds is 10. The molecule has 0 N–H and O–H groups in total. The van der Waals surface area contributed by atoms with Gasteiger partial charge in [0.15, 0.2) is 0 Å². The molecule has 1 aliphatic rings. The van der Waals surface area contributed by atoms with Gasteiger partial charge in [-0.1, -0.05) is 47.5 Å². The van der Waals surface area contributed by atoms with E-state index in [0.717, 1.165) is 11.6 Å². The summed E-state index contributed by atoms with van der Waals surface area (Å²) in [6.07, 6.45) is -0.821. The summed E-state index contributed by atoms with van der Waals surface area (Å²) in [5.74, 6) is -2.05. The monoisotopic (exact) mass is 864 g/mol. The maximum atomic E-state index is 13.6. The number of anilines is 2. The smallest absolute Gasteiger partial charge is 0.420 e. The van der Waals surface area contributed by atoms with Crippen molar-refractivity contribution in [3.63, 3.8) is 0 Å². The lowest BCUT2D eigenvalue weighted by molar-refractivity contribution is -0.384. The number of nitrogens with zero attached hydrogens (tertiary/aromatic N) is 4. The number of urea groups is 1. The number of esters is 2. The normalized spacial score (nSPS) is 12.0. The number of halogens is 4. The highest BCUT2D eigenvalue weighted by Gasteiger charge is 2.26. The number of ether oxygens (including phenoxy) is 4. The number of non-ortho nitro benzene ring substituents is 1. The van der Waals surface area contributed by atoms with Crippen LogP contribution in [0.1, 0.15) is 31.8 Å². The Morgan fingerprint density at radius 1 is 0.700 bits per heavy atom. The molecule has 0 radical (unpaired) electrons. The maximum Gasteiger partial charge on any atom is 0.420 e. The molecule has 14 nitrogen and oxygen atoms in total.